The number of hydrogen-bond acceptors (Lipinski definition) is 1. The Labute approximate surface area is 63.4 Å². The fraction of sp³-hybridized carbons (Fsp3) is 1.00. The Kier molecular flexibility index (Phi) is 1.31. The summed E-state index contributed by atoms with van der Waals surface area (Å²) in [5.74, 6) is 0.940. The molecule has 2 saturated heterocycles. The third kappa shape index (κ3) is 0.800. The van der Waals surface area contributed by atoms with Crippen LogP contribution in [-0.4, -0.2) is 24.5 Å². The summed E-state index contributed by atoms with van der Waals surface area (Å²) >= 11 is 0. The molecule has 10 heavy (non-hydrogen) atoms. The van der Waals surface area contributed by atoms with E-state index in [-0.39, 0.29) is 0 Å². The molecule has 2 aliphatic rings. The number of fused-ring (bicyclic) bond motifs is 2. The lowest BCUT2D eigenvalue weighted by atomic mass is 9.77. The van der Waals surface area contributed by atoms with Crippen molar-refractivity contribution in [2.24, 2.45) is 11.3 Å². The molecule has 2 fully saturated rings. The van der Waals surface area contributed by atoms with E-state index in [9.17, 15) is 0 Å². The Balaban J connectivity index is 2.18. The van der Waals surface area contributed by atoms with Crippen LogP contribution in [0.5, 0.6) is 0 Å². The zero-order valence-electron chi connectivity index (χ0n) is 7.06. The smallest absolute Gasteiger partial charge is 0.00385 e. The molecule has 2 bridgehead atoms. The fourth-order valence-corrected chi connectivity index (χ4v) is 2.54. The van der Waals surface area contributed by atoms with Crippen LogP contribution in [0.2, 0.25) is 0 Å². The Morgan fingerprint density at radius 2 is 2.30 bits per heavy atom. The minimum absolute atomic E-state index is 0.679. The maximum absolute atomic E-state index is 2.62. The summed E-state index contributed by atoms with van der Waals surface area (Å²) in [4.78, 5) is 2.62. The molecule has 0 aromatic heterocycles. The average Bonchev–Trinajstić information content (AvgIpc) is 2.04. The first-order chi connectivity index (χ1) is 4.71. The first-order valence-electron chi connectivity index (χ1n) is 4.43. The second kappa shape index (κ2) is 1.97. The van der Waals surface area contributed by atoms with Gasteiger partial charge in [-0.15, -0.1) is 0 Å². The van der Waals surface area contributed by atoms with Gasteiger partial charge in [0.1, 0.15) is 0 Å². The van der Waals surface area contributed by atoms with Gasteiger partial charge in [-0.1, -0.05) is 13.8 Å². The molecular formula is C9H17N. The number of hydrogen-bond donors (Lipinski definition) is 0. The number of piperidine rings is 1. The highest BCUT2D eigenvalue weighted by Crippen LogP contribution is 2.42. The van der Waals surface area contributed by atoms with E-state index in [4.69, 9.17) is 0 Å². The SMILES string of the molecule is CC1CN2CCCC1(C)C2. The summed E-state index contributed by atoms with van der Waals surface area (Å²) < 4.78 is 0. The predicted octanol–water partition coefficient (Wildman–Crippen LogP) is 1.74. The molecule has 0 N–H and O–H groups in total. The van der Waals surface area contributed by atoms with Gasteiger partial charge in [-0.3, -0.25) is 0 Å². The van der Waals surface area contributed by atoms with Gasteiger partial charge in [0.05, 0.1) is 0 Å². The van der Waals surface area contributed by atoms with Crippen LogP contribution in [0.25, 0.3) is 0 Å². The van der Waals surface area contributed by atoms with Crippen LogP contribution in [0.3, 0.4) is 0 Å². The highest BCUT2D eigenvalue weighted by atomic mass is 15.2. The third-order valence-corrected chi connectivity index (χ3v) is 3.53. The van der Waals surface area contributed by atoms with Gasteiger partial charge in [-0.05, 0) is 30.7 Å². The van der Waals surface area contributed by atoms with Crippen molar-refractivity contribution in [2.75, 3.05) is 19.6 Å². The first-order valence-corrected chi connectivity index (χ1v) is 4.43. The predicted molar refractivity (Wildman–Crippen MR) is 42.9 cm³/mol. The molecular weight excluding hydrogens is 122 g/mol. The normalized spacial score (nSPS) is 53.4. The van der Waals surface area contributed by atoms with Gasteiger partial charge in [0, 0.05) is 13.1 Å². The van der Waals surface area contributed by atoms with E-state index >= 15 is 0 Å². The highest BCUT2D eigenvalue weighted by molar-refractivity contribution is 4.94. The van der Waals surface area contributed by atoms with Crippen LogP contribution in [0, 0.1) is 11.3 Å². The molecule has 3 unspecified atom stereocenters. The van der Waals surface area contributed by atoms with Gasteiger partial charge < -0.3 is 4.90 Å². The molecule has 3 atom stereocenters. The highest BCUT2D eigenvalue weighted by Gasteiger charge is 2.42. The molecule has 0 aromatic carbocycles. The van der Waals surface area contributed by atoms with Crippen LogP contribution >= 0.6 is 0 Å². The van der Waals surface area contributed by atoms with Crippen molar-refractivity contribution in [3.8, 4) is 0 Å². The topological polar surface area (TPSA) is 3.24 Å². The molecule has 58 valence electrons. The molecule has 0 amide bonds. The molecule has 0 aromatic rings. The van der Waals surface area contributed by atoms with Gasteiger partial charge in [-0.2, -0.15) is 0 Å². The minimum Gasteiger partial charge on any atom is -0.302 e. The van der Waals surface area contributed by atoms with Crippen molar-refractivity contribution in [1.29, 1.82) is 0 Å². The second-order valence-corrected chi connectivity index (χ2v) is 4.39. The standard InChI is InChI=1S/C9H17N/c1-8-6-10-5-3-4-9(8,2)7-10/h8H,3-7H2,1-2H3. The quantitative estimate of drug-likeness (QED) is 0.494. The van der Waals surface area contributed by atoms with Crippen molar-refractivity contribution in [2.45, 2.75) is 26.7 Å². The molecule has 2 rings (SSSR count). The van der Waals surface area contributed by atoms with E-state index in [0.29, 0.717) is 5.41 Å². The zero-order valence-corrected chi connectivity index (χ0v) is 7.06. The van der Waals surface area contributed by atoms with Gasteiger partial charge in [-0.25, -0.2) is 0 Å². The summed E-state index contributed by atoms with van der Waals surface area (Å²) in [6.07, 6.45) is 2.89. The molecule has 1 nitrogen and oxygen atoms in total. The molecule has 0 saturated carbocycles. The molecule has 2 heterocycles. The van der Waals surface area contributed by atoms with Crippen molar-refractivity contribution in [3.05, 3.63) is 0 Å². The summed E-state index contributed by atoms with van der Waals surface area (Å²) in [5.41, 5.74) is 0.679. The molecule has 2 aliphatic heterocycles. The molecule has 0 spiro atoms. The van der Waals surface area contributed by atoms with Crippen LogP contribution in [0.1, 0.15) is 26.7 Å². The first kappa shape index (κ1) is 6.66. The fourth-order valence-electron chi connectivity index (χ4n) is 2.54. The van der Waals surface area contributed by atoms with E-state index in [1.807, 2.05) is 0 Å². The zero-order chi connectivity index (χ0) is 7.19. The third-order valence-electron chi connectivity index (χ3n) is 3.53. The van der Waals surface area contributed by atoms with E-state index in [1.54, 1.807) is 0 Å². The van der Waals surface area contributed by atoms with Gasteiger partial charge in [0.2, 0.25) is 0 Å². The van der Waals surface area contributed by atoms with Crippen LogP contribution in [0.4, 0.5) is 0 Å². The lowest BCUT2D eigenvalue weighted by molar-refractivity contribution is 0.181. The van der Waals surface area contributed by atoms with Crippen molar-refractivity contribution >= 4 is 0 Å². The minimum atomic E-state index is 0.679. The Morgan fingerprint density at radius 3 is 2.90 bits per heavy atom. The average molecular weight is 139 g/mol. The lowest BCUT2D eigenvalue weighted by Crippen LogP contribution is -2.32. The maximum Gasteiger partial charge on any atom is 0.00385 e. The largest absolute Gasteiger partial charge is 0.302 e. The monoisotopic (exact) mass is 139 g/mol. The Hall–Kier alpha value is -0.0400. The summed E-state index contributed by atoms with van der Waals surface area (Å²) in [7, 11) is 0. The lowest BCUT2D eigenvalue weighted by Gasteiger charge is -2.32. The maximum atomic E-state index is 2.62. The van der Waals surface area contributed by atoms with Crippen LogP contribution in [0.15, 0.2) is 0 Å². The Bertz CT molecular complexity index is 144. The van der Waals surface area contributed by atoms with Crippen LogP contribution < -0.4 is 0 Å². The van der Waals surface area contributed by atoms with Crippen molar-refractivity contribution in [1.82, 2.24) is 4.90 Å². The molecule has 1 heteroatoms. The van der Waals surface area contributed by atoms with Gasteiger partial charge >= 0.3 is 0 Å². The van der Waals surface area contributed by atoms with E-state index in [0.717, 1.165) is 5.92 Å². The summed E-state index contributed by atoms with van der Waals surface area (Å²) in [5, 5.41) is 0. The summed E-state index contributed by atoms with van der Waals surface area (Å²) in [6.45, 7) is 8.95. The van der Waals surface area contributed by atoms with Crippen LogP contribution in [-0.2, 0) is 0 Å². The second-order valence-electron chi connectivity index (χ2n) is 4.39. The van der Waals surface area contributed by atoms with E-state index < -0.39 is 0 Å². The number of nitrogens with zero attached hydrogens (tertiary/aromatic N) is 1. The summed E-state index contributed by atoms with van der Waals surface area (Å²) in [6, 6.07) is 0. The van der Waals surface area contributed by atoms with Gasteiger partial charge in [0.15, 0.2) is 0 Å². The van der Waals surface area contributed by atoms with Gasteiger partial charge in [0.25, 0.3) is 0 Å². The molecule has 0 radical (unpaired) electrons. The molecule has 0 aliphatic carbocycles. The number of rotatable bonds is 0. The van der Waals surface area contributed by atoms with E-state index in [1.165, 1.54) is 32.5 Å². The Morgan fingerprint density at radius 1 is 1.50 bits per heavy atom. The van der Waals surface area contributed by atoms with Crippen molar-refractivity contribution in [3.63, 3.8) is 0 Å². The van der Waals surface area contributed by atoms with Crippen molar-refractivity contribution < 1.29 is 0 Å². The van der Waals surface area contributed by atoms with E-state index in [2.05, 4.69) is 18.7 Å².